The third-order valence-corrected chi connectivity index (χ3v) is 2.30. The highest BCUT2D eigenvalue weighted by atomic mass is 16.3. The van der Waals surface area contributed by atoms with E-state index in [-0.39, 0.29) is 11.4 Å². The molecule has 0 fully saturated rings. The summed E-state index contributed by atoms with van der Waals surface area (Å²) in [6, 6.07) is 0. The fourth-order valence-corrected chi connectivity index (χ4v) is 1.46. The molecule has 84 valence electrons. The minimum absolute atomic E-state index is 0.269. The van der Waals surface area contributed by atoms with Crippen molar-refractivity contribution in [3.8, 4) is 5.88 Å². The van der Waals surface area contributed by atoms with E-state index in [0.29, 0.717) is 6.42 Å². The van der Waals surface area contributed by atoms with E-state index < -0.39 is 11.2 Å². The molecule has 0 aliphatic carbocycles. The van der Waals surface area contributed by atoms with E-state index in [1.165, 1.54) is 0 Å². The van der Waals surface area contributed by atoms with Gasteiger partial charge in [-0.1, -0.05) is 26.2 Å². The molecule has 0 bridgehead atoms. The van der Waals surface area contributed by atoms with Crippen LogP contribution in [0.4, 0.5) is 0 Å². The van der Waals surface area contributed by atoms with Crippen LogP contribution in [0.25, 0.3) is 0 Å². The van der Waals surface area contributed by atoms with Crippen LogP contribution in [0.2, 0.25) is 0 Å². The van der Waals surface area contributed by atoms with E-state index in [1.807, 2.05) is 0 Å². The third-order valence-electron chi connectivity index (χ3n) is 2.30. The fourth-order valence-electron chi connectivity index (χ4n) is 1.46. The molecule has 0 aliphatic heterocycles. The molecule has 0 spiro atoms. The molecule has 3 N–H and O–H groups in total. The van der Waals surface area contributed by atoms with Gasteiger partial charge >= 0.3 is 5.69 Å². The van der Waals surface area contributed by atoms with E-state index >= 15 is 0 Å². The summed E-state index contributed by atoms with van der Waals surface area (Å²) in [4.78, 5) is 26.3. The van der Waals surface area contributed by atoms with Gasteiger partial charge in [-0.2, -0.15) is 0 Å². The summed E-state index contributed by atoms with van der Waals surface area (Å²) < 4.78 is 0. The van der Waals surface area contributed by atoms with E-state index in [1.54, 1.807) is 0 Å². The largest absolute Gasteiger partial charge is 0.494 e. The Kier molecular flexibility index (Phi) is 4.15. The lowest BCUT2D eigenvalue weighted by molar-refractivity contribution is 0.438. The van der Waals surface area contributed by atoms with Crippen LogP contribution in [0, 0.1) is 0 Å². The Morgan fingerprint density at radius 3 is 2.47 bits per heavy atom. The molecule has 0 saturated carbocycles. The Morgan fingerprint density at radius 1 is 1.13 bits per heavy atom. The number of unbranched alkanes of at least 4 members (excludes halogenated alkanes) is 3. The molecule has 1 heterocycles. The Balaban J connectivity index is 2.69. The van der Waals surface area contributed by atoms with Gasteiger partial charge in [-0.15, -0.1) is 0 Å². The predicted octanol–water partition coefficient (Wildman–Crippen LogP) is 0.892. The first-order valence-electron chi connectivity index (χ1n) is 5.19. The van der Waals surface area contributed by atoms with Gasteiger partial charge in [0.1, 0.15) is 0 Å². The molecule has 1 aromatic rings. The van der Waals surface area contributed by atoms with E-state index in [0.717, 1.165) is 25.7 Å². The normalized spacial score (nSPS) is 10.5. The van der Waals surface area contributed by atoms with Crippen LogP contribution >= 0.6 is 0 Å². The monoisotopic (exact) mass is 212 g/mol. The topological polar surface area (TPSA) is 85.9 Å². The maximum atomic E-state index is 11.3. The number of aromatic amines is 2. The average Bonchev–Trinajstić information content (AvgIpc) is 2.15. The number of hydrogen-bond acceptors (Lipinski definition) is 3. The lowest BCUT2D eigenvalue weighted by Crippen LogP contribution is -2.25. The first kappa shape index (κ1) is 11.6. The van der Waals surface area contributed by atoms with Crippen molar-refractivity contribution < 1.29 is 5.11 Å². The number of H-pyrrole nitrogens is 2. The van der Waals surface area contributed by atoms with Crippen molar-refractivity contribution in [3.05, 3.63) is 26.4 Å². The SMILES string of the molecule is CCCCCCc1c(O)[nH]c(=O)[nH]c1=O. The first-order valence-corrected chi connectivity index (χ1v) is 5.19. The minimum Gasteiger partial charge on any atom is -0.494 e. The Morgan fingerprint density at radius 2 is 1.87 bits per heavy atom. The number of aromatic hydroxyl groups is 1. The molecule has 15 heavy (non-hydrogen) atoms. The molecule has 1 rings (SSSR count). The average molecular weight is 212 g/mol. The van der Waals surface area contributed by atoms with E-state index in [9.17, 15) is 14.7 Å². The maximum Gasteiger partial charge on any atom is 0.328 e. The highest BCUT2D eigenvalue weighted by Gasteiger charge is 2.07. The maximum absolute atomic E-state index is 11.3. The van der Waals surface area contributed by atoms with Crippen LogP contribution in [0.3, 0.4) is 0 Å². The van der Waals surface area contributed by atoms with Crippen molar-refractivity contribution in [2.75, 3.05) is 0 Å². The van der Waals surface area contributed by atoms with Gasteiger partial charge in [-0.05, 0) is 12.8 Å². The van der Waals surface area contributed by atoms with Crippen molar-refractivity contribution in [1.29, 1.82) is 0 Å². The molecule has 0 saturated heterocycles. The van der Waals surface area contributed by atoms with Gasteiger partial charge in [-0.3, -0.25) is 14.8 Å². The number of aromatic nitrogens is 2. The van der Waals surface area contributed by atoms with Crippen molar-refractivity contribution in [1.82, 2.24) is 9.97 Å². The number of hydrogen-bond donors (Lipinski definition) is 3. The van der Waals surface area contributed by atoms with Crippen LogP contribution in [-0.2, 0) is 6.42 Å². The van der Waals surface area contributed by atoms with Crippen molar-refractivity contribution in [2.45, 2.75) is 39.0 Å². The van der Waals surface area contributed by atoms with Gasteiger partial charge in [0.05, 0.1) is 5.56 Å². The standard InChI is InChI=1S/C10H16N2O3/c1-2-3-4-5-6-7-8(13)11-10(15)12-9(7)14/h2-6H2,1H3,(H3,11,12,13,14,15). The number of rotatable bonds is 5. The van der Waals surface area contributed by atoms with Crippen LogP contribution < -0.4 is 11.2 Å². The van der Waals surface area contributed by atoms with Crippen molar-refractivity contribution >= 4 is 0 Å². The van der Waals surface area contributed by atoms with Gasteiger partial charge in [0.2, 0.25) is 5.88 Å². The van der Waals surface area contributed by atoms with Gasteiger partial charge < -0.3 is 5.11 Å². The van der Waals surface area contributed by atoms with Crippen LogP contribution in [-0.4, -0.2) is 15.1 Å². The van der Waals surface area contributed by atoms with Crippen LogP contribution in [0.1, 0.15) is 38.2 Å². The summed E-state index contributed by atoms with van der Waals surface area (Å²) in [5.74, 6) is -0.305. The highest BCUT2D eigenvalue weighted by Crippen LogP contribution is 2.10. The molecule has 0 atom stereocenters. The summed E-state index contributed by atoms with van der Waals surface area (Å²) in [5, 5.41) is 9.35. The zero-order valence-corrected chi connectivity index (χ0v) is 8.80. The minimum atomic E-state index is -0.671. The molecule has 0 radical (unpaired) electrons. The van der Waals surface area contributed by atoms with Gasteiger partial charge in [0, 0.05) is 0 Å². The lowest BCUT2D eigenvalue weighted by atomic mass is 10.1. The predicted molar refractivity (Wildman–Crippen MR) is 57.2 cm³/mol. The molecular formula is C10H16N2O3. The molecule has 1 aromatic heterocycles. The summed E-state index contributed by atoms with van der Waals surface area (Å²) in [6.45, 7) is 2.10. The Labute approximate surface area is 87.2 Å². The molecule has 0 unspecified atom stereocenters. The fraction of sp³-hybridized carbons (Fsp3) is 0.600. The second-order valence-corrected chi connectivity index (χ2v) is 3.55. The summed E-state index contributed by atoms with van der Waals surface area (Å²) in [7, 11) is 0. The van der Waals surface area contributed by atoms with Gasteiger partial charge in [0.15, 0.2) is 0 Å². The van der Waals surface area contributed by atoms with Crippen LogP contribution in [0.15, 0.2) is 9.59 Å². The van der Waals surface area contributed by atoms with E-state index in [4.69, 9.17) is 0 Å². The second-order valence-electron chi connectivity index (χ2n) is 3.55. The molecule has 0 amide bonds. The smallest absolute Gasteiger partial charge is 0.328 e. The molecule has 5 nitrogen and oxygen atoms in total. The van der Waals surface area contributed by atoms with E-state index in [2.05, 4.69) is 16.9 Å². The summed E-state index contributed by atoms with van der Waals surface area (Å²) in [6.07, 6.45) is 4.60. The Bertz CT molecular complexity index is 419. The third kappa shape index (κ3) is 3.27. The van der Waals surface area contributed by atoms with Crippen LogP contribution in [0.5, 0.6) is 5.88 Å². The second kappa shape index (κ2) is 5.38. The molecule has 5 heteroatoms. The zero-order valence-electron chi connectivity index (χ0n) is 8.80. The molecular weight excluding hydrogens is 196 g/mol. The van der Waals surface area contributed by atoms with Gasteiger partial charge in [-0.25, -0.2) is 4.79 Å². The number of nitrogens with one attached hydrogen (secondary N) is 2. The molecule has 0 aromatic carbocycles. The van der Waals surface area contributed by atoms with Gasteiger partial charge in [0.25, 0.3) is 5.56 Å². The summed E-state index contributed by atoms with van der Waals surface area (Å²) >= 11 is 0. The Hall–Kier alpha value is -1.52. The highest BCUT2D eigenvalue weighted by molar-refractivity contribution is 5.20. The molecule has 0 aliphatic rings. The first-order chi connectivity index (χ1) is 7.15. The van der Waals surface area contributed by atoms with Crippen molar-refractivity contribution in [2.24, 2.45) is 0 Å². The quantitative estimate of drug-likeness (QED) is 0.633. The summed E-state index contributed by atoms with van der Waals surface area (Å²) in [5.41, 5.74) is -0.895. The zero-order chi connectivity index (χ0) is 11.3. The van der Waals surface area contributed by atoms with Crippen molar-refractivity contribution in [3.63, 3.8) is 0 Å². The lowest BCUT2D eigenvalue weighted by Gasteiger charge is -2.01.